The van der Waals surface area contributed by atoms with Crippen LogP contribution in [0.4, 0.5) is 5.69 Å². The summed E-state index contributed by atoms with van der Waals surface area (Å²) < 4.78 is 10.6. The molecular formula is C18H24N2O3. The van der Waals surface area contributed by atoms with E-state index in [0.717, 1.165) is 18.8 Å². The SMILES string of the molecule is CCCCCCCOc1ccc(NC(=O)c2cc(C)no2)cc1. The molecule has 0 bridgehead atoms. The Balaban J connectivity index is 1.75. The van der Waals surface area contributed by atoms with E-state index in [-0.39, 0.29) is 11.7 Å². The number of hydrogen-bond acceptors (Lipinski definition) is 4. The summed E-state index contributed by atoms with van der Waals surface area (Å²) in [6.45, 7) is 4.71. The van der Waals surface area contributed by atoms with E-state index in [0.29, 0.717) is 11.4 Å². The second-order valence-electron chi connectivity index (χ2n) is 5.57. The number of carbonyl (C=O) groups is 1. The zero-order chi connectivity index (χ0) is 16.5. The fraction of sp³-hybridized carbons (Fsp3) is 0.444. The summed E-state index contributed by atoms with van der Waals surface area (Å²) in [5, 5.41) is 6.46. The Bertz CT molecular complexity index is 605. The van der Waals surface area contributed by atoms with Crippen LogP contribution >= 0.6 is 0 Å². The zero-order valence-corrected chi connectivity index (χ0v) is 13.8. The molecule has 1 heterocycles. The first kappa shape index (κ1) is 17.1. The summed E-state index contributed by atoms with van der Waals surface area (Å²) in [5.41, 5.74) is 1.37. The number of nitrogens with one attached hydrogen (secondary N) is 1. The minimum atomic E-state index is -0.310. The first-order valence-corrected chi connectivity index (χ1v) is 8.16. The van der Waals surface area contributed by atoms with Crippen LogP contribution in [0.25, 0.3) is 0 Å². The van der Waals surface area contributed by atoms with Crippen molar-refractivity contribution in [2.75, 3.05) is 11.9 Å². The lowest BCUT2D eigenvalue weighted by molar-refractivity contribution is 0.0988. The van der Waals surface area contributed by atoms with E-state index in [2.05, 4.69) is 17.4 Å². The minimum absolute atomic E-state index is 0.204. The van der Waals surface area contributed by atoms with Crippen molar-refractivity contribution in [1.29, 1.82) is 0 Å². The molecular weight excluding hydrogens is 292 g/mol. The number of unbranched alkanes of at least 4 members (excludes halogenated alkanes) is 4. The van der Waals surface area contributed by atoms with Gasteiger partial charge in [-0.15, -0.1) is 0 Å². The Morgan fingerprint density at radius 1 is 1.17 bits per heavy atom. The molecule has 0 radical (unpaired) electrons. The van der Waals surface area contributed by atoms with Crippen molar-refractivity contribution in [3.63, 3.8) is 0 Å². The van der Waals surface area contributed by atoms with Gasteiger partial charge in [-0.2, -0.15) is 0 Å². The quantitative estimate of drug-likeness (QED) is 0.687. The lowest BCUT2D eigenvalue weighted by Gasteiger charge is -2.07. The third kappa shape index (κ3) is 5.77. The van der Waals surface area contributed by atoms with E-state index < -0.39 is 0 Å². The number of rotatable bonds is 9. The van der Waals surface area contributed by atoms with Crippen molar-refractivity contribution in [2.45, 2.75) is 46.0 Å². The van der Waals surface area contributed by atoms with Gasteiger partial charge in [0.25, 0.3) is 5.91 Å². The highest BCUT2D eigenvalue weighted by molar-refractivity contribution is 6.02. The number of amides is 1. The standard InChI is InChI=1S/C18H24N2O3/c1-3-4-5-6-7-12-22-16-10-8-15(9-11-16)19-18(21)17-13-14(2)20-23-17/h8-11,13H,3-7,12H2,1-2H3,(H,19,21). The smallest absolute Gasteiger partial charge is 0.294 e. The van der Waals surface area contributed by atoms with E-state index >= 15 is 0 Å². The molecule has 0 saturated carbocycles. The summed E-state index contributed by atoms with van der Waals surface area (Å²) in [6.07, 6.45) is 6.09. The number of nitrogens with zero attached hydrogens (tertiary/aromatic N) is 1. The number of ether oxygens (including phenoxy) is 1. The molecule has 1 aromatic carbocycles. The molecule has 0 fully saturated rings. The van der Waals surface area contributed by atoms with Crippen molar-refractivity contribution < 1.29 is 14.1 Å². The Morgan fingerprint density at radius 3 is 2.57 bits per heavy atom. The summed E-state index contributed by atoms with van der Waals surface area (Å²) in [6, 6.07) is 8.94. The maximum absolute atomic E-state index is 11.9. The number of hydrogen-bond donors (Lipinski definition) is 1. The summed E-state index contributed by atoms with van der Waals surface area (Å²) in [7, 11) is 0. The molecule has 23 heavy (non-hydrogen) atoms. The molecule has 5 nitrogen and oxygen atoms in total. The Hall–Kier alpha value is -2.30. The predicted octanol–water partition coefficient (Wildman–Crippen LogP) is 4.58. The molecule has 2 rings (SSSR count). The molecule has 5 heteroatoms. The van der Waals surface area contributed by atoms with Gasteiger partial charge in [0.05, 0.1) is 12.3 Å². The summed E-state index contributed by atoms with van der Waals surface area (Å²) in [4.78, 5) is 11.9. The van der Waals surface area contributed by atoms with Gasteiger partial charge in [0.1, 0.15) is 5.75 Å². The van der Waals surface area contributed by atoms with E-state index in [9.17, 15) is 4.79 Å². The third-order valence-corrected chi connectivity index (χ3v) is 3.48. The van der Waals surface area contributed by atoms with Gasteiger partial charge in [0.2, 0.25) is 5.76 Å². The van der Waals surface area contributed by atoms with Crippen LogP contribution in [0.2, 0.25) is 0 Å². The largest absolute Gasteiger partial charge is 0.494 e. The van der Waals surface area contributed by atoms with Crippen molar-refractivity contribution in [3.05, 3.63) is 41.8 Å². The van der Waals surface area contributed by atoms with Crippen LogP contribution < -0.4 is 10.1 Å². The van der Waals surface area contributed by atoms with Crippen molar-refractivity contribution >= 4 is 11.6 Å². The van der Waals surface area contributed by atoms with Gasteiger partial charge in [0, 0.05) is 11.8 Å². The molecule has 1 N–H and O–H groups in total. The van der Waals surface area contributed by atoms with E-state index in [1.54, 1.807) is 13.0 Å². The number of aromatic nitrogens is 1. The number of carbonyl (C=O) groups excluding carboxylic acids is 1. The average molecular weight is 316 g/mol. The molecule has 0 saturated heterocycles. The van der Waals surface area contributed by atoms with Crippen LogP contribution in [0, 0.1) is 6.92 Å². The van der Waals surface area contributed by atoms with Gasteiger partial charge in [0.15, 0.2) is 0 Å². The van der Waals surface area contributed by atoms with Crippen molar-refractivity contribution in [3.8, 4) is 5.75 Å². The second-order valence-corrected chi connectivity index (χ2v) is 5.57. The van der Waals surface area contributed by atoms with Gasteiger partial charge >= 0.3 is 0 Å². The zero-order valence-electron chi connectivity index (χ0n) is 13.8. The molecule has 0 aliphatic rings. The van der Waals surface area contributed by atoms with Crippen molar-refractivity contribution in [1.82, 2.24) is 5.16 Å². The monoisotopic (exact) mass is 316 g/mol. The predicted molar refractivity (Wildman–Crippen MR) is 89.9 cm³/mol. The normalized spacial score (nSPS) is 10.5. The Labute approximate surface area is 137 Å². The fourth-order valence-corrected chi connectivity index (χ4v) is 2.19. The van der Waals surface area contributed by atoms with Crippen LogP contribution in [0.3, 0.4) is 0 Å². The molecule has 124 valence electrons. The third-order valence-electron chi connectivity index (χ3n) is 3.48. The highest BCUT2D eigenvalue weighted by Gasteiger charge is 2.11. The molecule has 0 spiro atoms. The van der Waals surface area contributed by atoms with E-state index in [4.69, 9.17) is 9.26 Å². The van der Waals surface area contributed by atoms with Gasteiger partial charge in [-0.25, -0.2) is 0 Å². The Kier molecular flexibility index (Phi) is 6.66. The van der Waals surface area contributed by atoms with Crippen LogP contribution in [0.1, 0.15) is 55.3 Å². The molecule has 0 aliphatic carbocycles. The molecule has 0 unspecified atom stereocenters. The van der Waals surface area contributed by atoms with Crippen LogP contribution in [0.15, 0.2) is 34.9 Å². The van der Waals surface area contributed by atoms with Crippen molar-refractivity contribution in [2.24, 2.45) is 0 Å². The molecule has 2 aromatic rings. The first-order chi connectivity index (χ1) is 11.2. The molecule has 0 atom stereocenters. The van der Waals surface area contributed by atoms with Gasteiger partial charge in [-0.1, -0.05) is 37.8 Å². The Morgan fingerprint density at radius 2 is 1.91 bits per heavy atom. The van der Waals surface area contributed by atoms with E-state index in [1.165, 1.54) is 25.7 Å². The highest BCUT2D eigenvalue weighted by Crippen LogP contribution is 2.17. The van der Waals surface area contributed by atoms with E-state index in [1.807, 2.05) is 24.3 Å². The minimum Gasteiger partial charge on any atom is -0.494 e. The number of anilines is 1. The highest BCUT2D eigenvalue weighted by atomic mass is 16.5. The molecule has 1 amide bonds. The molecule has 1 aromatic heterocycles. The fourth-order valence-electron chi connectivity index (χ4n) is 2.19. The molecule has 0 aliphatic heterocycles. The maximum atomic E-state index is 11.9. The first-order valence-electron chi connectivity index (χ1n) is 8.16. The summed E-state index contributed by atoms with van der Waals surface area (Å²) >= 11 is 0. The van der Waals surface area contributed by atoms with Crippen LogP contribution in [-0.4, -0.2) is 17.7 Å². The van der Waals surface area contributed by atoms with Gasteiger partial charge in [-0.05, 0) is 37.6 Å². The number of aryl methyl sites for hydroxylation is 1. The summed E-state index contributed by atoms with van der Waals surface area (Å²) in [5.74, 6) is 0.707. The number of benzene rings is 1. The average Bonchev–Trinajstić information content (AvgIpc) is 2.99. The van der Waals surface area contributed by atoms with Gasteiger partial charge in [-0.3, -0.25) is 4.79 Å². The topological polar surface area (TPSA) is 64.4 Å². The maximum Gasteiger partial charge on any atom is 0.294 e. The van der Waals surface area contributed by atoms with Gasteiger partial charge < -0.3 is 14.6 Å². The lowest BCUT2D eigenvalue weighted by atomic mass is 10.2. The second kappa shape index (κ2) is 8.98. The van der Waals surface area contributed by atoms with Crippen LogP contribution in [0.5, 0.6) is 5.75 Å². The van der Waals surface area contributed by atoms with Crippen LogP contribution in [-0.2, 0) is 0 Å². The lowest BCUT2D eigenvalue weighted by Crippen LogP contribution is -2.10.